The first-order valence-corrected chi connectivity index (χ1v) is 7.75. The zero-order valence-corrected chi connectivity index (χ0v) is 11.8. The first-order chi connectivity index (χ1) is 8.65. The van der Waals surface area contributed by atoms with Gasteiger partial charge in [-0.1, -0.05) is 31.5 Å². The molecule has 98 valence electrons. The number of hydrogen-bond acceptors (Lipinski definition) is 2. The summed E-state index contributed by atoms with van der Waals surface area (Å²) in [7, 11) is 6.25. The fourth-order valence-corrected chi connectivity index (χ4v) is 4.39. The summed E-state index contributed by atoms with van der Waals surface area (Å²) < 4.78 is 0. The van der Waals surface area contributed by atoms with Crippen molar-refractivity contribution in [3.8, 4) is 0 Å². The Kier molecular flexibility index (Phi) is 3.42. The maximum atomic E-state index is 6.25. The van der Waals surface area contributed by atoms with Crippen molar-refractivity contribution < 1.29 is 0 Å². The van der Waals surface area contributed by atoms with E-state index in [9.17, 15) is 0 Å². The van der Waals surface area contributed by atoms with E-state index in [1.165, 1.54) is 50.8 Å². The van der Waals surface area contributed by atoms with E-state index in [-0.39, 0.29) is 0 Å². The Balaban J connectivity index is 1.83. The van der Waals surface area contributed by atoms with E-state index in [0.29, 0.717) is 17.9 Å². The van der Waals surface area contributed by atoms with Crippen LogP contribution in [0.4, 0.5) is 0 Å². The Labute approximate surface area is 113 Å². The molecule has 0 amide bonds. The van der Waals surface area contributed by atoms with Crippen LogP contribution in [0.3, 0.4) is 0 Å². The molecular formula is C15H25BN2. The van der Waals surface area contributed by atoms with Gasteiger partial charge in [-0.3, -0.25) is 4.99 Å². The second kappa shape index (κ2) is 4.90. The highest BCUT2D eigenvalue weighted by atomic mass is 15.3. The van der Waals surface area contributed by atoms with Gasteiger partial charge in [-0.05, 0) is 32.6 Å². The SMILES string of the molecule is [B]C1CCCCC2C(CC3=NC(C)CC(C)N32)C1. The molecule has 3 rings (SSSR count). The number of aliphatic imine (C=N–C) groups is 1. The van der Waals surface area contributed by atoms with Crippen molar-refractivity contribution >= 4 is 13.7 Å². The molecule has 0 spiro atoms. The molecule has 0 N–H and O–H groups in total. The summed E-state index contributed by atoms with van der Waals surface area (Å²) in [5.74, 6) is 2.59. The van der Waals surface area contributed by atoms with Crippen molar-refractivity contribution in [1.82, 2.24) is 4.90 Å². The van der Waals surface area contributed by atoms with E-state index in [2.05, 4.69) is 18.7 Å². The van der Waals surface area contributed by atoms with Gasteiger partial charge in [0.05, 0.1) is 13.9 Å². The van der Waals surface area contributed by atoms with Gasteiger partial charge in [-0.2, -0.15) is 0 Å². The zero-order chi connectivity index (χ0) is 12.7. The maximum Gasteiger partial charge on any atom is 0.100 e. The molecule has 2 radical (unpaired) electrons. The molecule has 2 aliphatic heterocycles. The molecule has 2 nitrogen and oxygen atoms in total. The number of rotatable bonds is 0. The predicted molar refractivity (Wildman–Crippen MR) is 77.3 cm³/mol. The highest BCUT2D eigenvalue weighted by Crippen LogP contribution is 2.41. The van der Waals surface area contributed by atoms with Gasteiger partial charge in [-0.15, -0.1) is 0 Å². The highest BCUT2D eigenvalue weighted by molar-refractivity contribution is 6.11. The molecule has 0 aromatic heterocycles. The van der Waals surface area contributed by atoms with Crippen LogP contribution < -0.4 is 0 Å². The molecule has 1 saturated carbocycles. The van der Waals surface area contributed by atoms with Gasteiger partial charge < -0.3 is 4.90 Å². The topological polar surface area (TPSA) is 15.6 Å². The van der Waals surface area contributed by atoms with E-state index in [1.807, 2.05) is 0 Å². The van der Waals surface area contributed by atoms with Crippen molar-refractivity contribution in [2.45, 2.75) is 82.7 Å². The normalized spacial score (nSPS) is 44.7. The third kappa shape index (κ3) is 2.21. The number of fused-ring (bicyclic) bond motifs is 3. The molecule has 1 saturated heterocycles. The van der Waals surface area contributed by atoms with Gasteiger partial charge in [0.25, 0.3) is 0 Å². The van der Waals surface area contributed by atoms with E-state index in [1.54, 1.807) is 0 Å². The Morgan fingerprint density at radius 2 is 1.94 bits per heavy atom. The Hall–Kier alpha value is -0.465. The van der Waals surface area contributed by atoms with Crippen molar-refractivity contribution in [3.05, 3.63) is 0 Å². The minimum Gasteiger partial charge on any atom is -0.354 e. The third-order valence-electron chi connectivity index (χ3n) is 5.10. The molecule has 3 heteroatoms. The molecule has 0 bridgehead atoms. The van der Waals surface area contributed by atoms with E-state index in [0.717, 1.165) is 12.0 Å². The average molecular weight is 244 g/mol. The molecule has 2 fully saturated rings. The molecule has 0 aromatic rings. The lowest BCUT2D eigenvalue weighted by Gasteiger charge is -2.39. The number of nitrogens with zero attached hydrogens (tertiary/aromatic N) is 2. The van der Waals surface area contributed by atoms with Gasteiger partial charge in [-0.25, -0.2) is 0 Å². The van der Waals surface area contributed by atoms with Gasteiger partial charge in [0.1, 0.15) is 5.84 Å². The van der Waals surface area contributed by atoms with E-state index in [4.69, 9.17) is 12.8 Å². The van der Waals surface area contributed by atoms with Crippen LogP contribution in [-0.4, -0.2) is 36.7 Å². The summed E-state index contributed by atoms with van der Waals surface area (Å²) >= 11 is 0. The van der Waals surface area contributed by atoms with E-state index < -0.39 is 0 Å². The molecular weight excluding hydrogens is 219 g/mol. The van der Waals surface area contributed by atoms with Crippen LogP contribution in [0, 0.1) is 5.92 Å². The van der Waals surface area contributed by atoms with Gasteiger partial charge >= 0.3 is 0 Å². The van der Waals surface area contributed by atoms with Crippen LogP contribution in [0.1, 0.15) is 58.8 Å². The van der Waals surface area contributed by atoms with E-state index >= 15 is 0 Å². The van der Waals surface area contributed by atoms with Crippen LogP contribution in [0.25, 0.3) is 0 Å². The first-order valence-electron chi connectivity index (χ1n) is 7.75. The fourth-order valence-electron chi connectivity index (χ4n) is 4.39. The molecule has 2 heterocycles. The summed E-state index contributed by atoms with van der Waals surface area (Å²) in [6, 6.07) is 1.93. The van der Waals surface area contributed by atoms with Crippen LogP contribution in [0.5, 0.6) is 0 Å². The van der Waals surface area contributed by atoms with Crippen molar-refractivity contribution in [2.24, 2.45) is 10.9 Å². The highest BCUT2D eigenvalue weighted by Gasteiger charge is 2.42. The second-order valence-corrected chi connectivity index (χ2v) is 6.70. The fraction of sp³-hybridized carbons (Fsp3) is 0.933. The van der Waals surface area contributed by atoms with Crippen molar-refractivity contribution in [1.29, 1.82) is 0 Å². The third-order valence-corrected chi connectivity index (χ3v) is 5.10. The zero-order valence-electron chi connectivity index (χ0n) is 11.8. The van der Waals surface area contributed by atoms with Gasteiger partial charge in [0, 0.05) is 18.5 Å². The molecule has 1 aliphatic carbocycles. The Bertz CT molecular complexity index is 341. The quantitative estimate of drug-likeness (QED) is 0.597. The summed E-state index contributed by atoms with van der Waals surface area (Å²) in [6.45, 7) is 4.64. The molecule has 0 aromatic carbocycles. The largest absolute Gasteiger partial charge is 0.354 e. The summed E-state index contributed by atoms with van der Waals surface area (Å²) in [5, 5.41) is 0. The molecule has 3 aliphatic rings. The van der Waals surface area contributed by atoms with Crippen molar-refractivity contribution in [2.75, 3.05) is 0 Å². The smallest absolute Gasteiger partial charge is 0.100 e. The van der Waals surface area contributed by atoms with Crippen molar-refractivity contribution in [3.63, 3.8) is 0 Å². The Morgan fingerprint density at radius 1 is 1.17 bits per heavy atom. The number of amidine groups is 1. The van der Waals surface area contributed by atoms with Gasteiger partial charge in [0.2, 0.25) is 0 Å². The lowest BCUT2D eigenvalue weighted by atomic mass is 9.72. The van der Waals surface area contributed by atoms with Crippen LogP contribution >= 0.6 is 0 Å². The average Bonchev–Trinajstić information content (AvgIpc) is 2.59. The van der Waals surface area contributed by atoms with Crippen LogP contribution in [-0.2, 0) is 0 Å². The standard InChI is InChI=1S/C15H25BN2/c1-10-7-11(2)18-14-6-4-3-5-13(16)8-12(14)9-15(18)17-10/h10-14H,3-9H2,1-2H3. The molecule has 5 unspecified atom stereocenters. The maximum absolute atomic E-state index is 6.25. The van der Waals surface area contributed by atoms with Crippen LogP contribution in [0.15, 0.2) is 4.99 Å². The summed E-state index contributed by atoms with van der Waals surface area (Å²) in [5.41, 5.74) is 0. The predicted octanol–water partition coefficient (Wildman–Crippen LogP) is 3.18. The first kappa shape index (κ1) is 12.6. The van der Waals surface area contributed by atoms with Gasteiger partial charge in [0.15, 0.2) is 0 Å². The molecule has 5 atom stereocenters. The lowest BCUT2D eigenvalue weighted by Crippen LogP contribution is -2.46. The minimum absolute atomic E-state index is 0.424. The monoisotopic (exact) mass is 244 g/mol. The lowest BCUT2D eigenvalue weighted by molar-refractivity contribution is 0.177. The molecule has 18 heavy (non-hydrogen) atoms. The Morgan fingerprint density at radius 3 is 2.78 bits per heavy atom. The van der Waals surface area contributed by atoms with Crippen LogP contribution in [0.2, 0.25) is 5.82 Å². The summed E-state index contributed by atoms with van der Waals surface area (Å²) in [6.07, 6.45) is 8.86. The second-order valence-electron chi connectivity index (χ2n) is 6.70. The minimum atomic E-state index is 0.424. The summed E-state index contributed by atoms with van der Waals surface area (Å²) in [4.78, 5) is 7.56. The number of hydrogen-bond donors (Lipinski definition) is 0.